The first-order chi connectivity index (χ1) is 8.58. The zero-order valence-electron chi connectivity index (χ0n) is 9.19. The zero-order chi connectivity index (χ0) is 13.1. The van der Waals surface area contributed by atoms with Crippen molar-refractivity contribution in [1.29, 1.82) is 0 Å². The molecule has 0 radical (unpaired) electrons. The third-order valence-corrected chi connectivity index (χ3v) is 2.91. The van der Waals surface area contributed by atoms with Crippen LogP contribution in [0.4, 0.5) is 4.39 Å². The van der Waals surface area contributed by atoms with Crippen LogP contribution in [0.1, 0.15) is 10.4 Å². The molecule has 5 heteroatoms. The molecule has 0 aliphatic rings. The molecular weight excluding hydrogens is 301 g/mol. The Kier molecular flexibility index (Phi) is 3.62. The van der Waals surface area contributed by atoms with E-state index >= 15 is 0 Å². The van der Waals surface area contributed by atoms with Crippen LogP contribution in [0.3, 0.4) is 0 Å². The van der Waals surface area contributed by atoms with E-state index in [2.05, 4.69) is 15.9 Å². The van der Waals surface area contributed by atoms with Gasteiger partial charge in [0.2, 0.25) is 0 Å². The molecule has 0 saturated carbocycles. The van der Waals surface area contributed by atoms with Gasteiger partial charge in [-0.05, 0) is 40.2 Å². The van der Waals surface area contributed by atoms with E-state index in [9.17, 15) is 9.18 Å². The second-order valence-electron chi connectivity index (χ2n) is 3.54. The highest BCUT2D eigenvalue weighted by Gasteiger charge is 2.10. The molecule has 0 bridgehead atoms. The van der Waals surface area contributed by atoms with E-state index in [1.807, 2.05) is 0 Å². The number of hydrogen-bond donors (Lipinski definition) is 1. The summed E-state index contributed by atoms with van der Waals surface area (Å²) in [4.78, 5) is 11.2. The van der Waals surface area contributed by atoms with Crippen molar-refractivity contribution in [3.8, 4) is 11.5 Å². The topological polar surface area (TPSA) is 52.3 Å². The van der Waals surface area contributed by atoms with Crippen LogP contribution in [-0.4, -0.2) is 5.91 Å². The average molecular weight is 310 g/mol. The minimum Gasteiger partial charge on any atom is -0.456 e. The zero-order valence-corrected chi connectivity index (χ0v) is 10.8. The van der Waals surface area contributed by atoms with Crippen LogP contribution in [0.5, 0.6) is 11.5 Å². The van der Waals surface area contributed by atoms with E-state index in [0.29, 0.717) is 16.0 Å². The van der Waals surface area contributed by atoms with E-state index in [4.69, 9.17) is 10.5 Å². The first-order valence-corrected chi connectivity index (χ1v) is 5.89. The van der Waals surface area contributed by atoms with Gasteiger partial charge in [-0.25, -0.2) is 4.39 Å². The van der Waals surface area contributed by atoms with Crippen LogP contribution in [0, 0.1) is 5.82 Å². The Labute approximate surface area is 112 Å². The second-order valence-corrected chi connectivity index (χ2v) is 4.39. The first kappa shape index (κ1) is 12.6. The van der Waals surface area contributed by atoms with Gasteiger partial charge in [0, 0.05) is 6.07 Å². The highest BCUT2D eigenvalue weighted by Crippen LogP contribution is 2.27. The number of ether oxygens (including phenoxy) is 1. The Balaban J connectivity index is 2.34. The van der Waals surface area contributed by atoms with Crippen LogP contribution in [0.25, 0.3) is 0 Å². The Morgan fingerprint density at radius 2 is 1.94 bits per heavy atom. The number of carbonyl (C=O) groups is 1. The number of nitrogens with two attached hydrogens (primary N) is 1. The molecular formula is C13H9BrFNO2. The number of hydrogen-bond acceptors (Lipinski definition) is 2. The maximum Gasteiger partial charge on any atom is 0.252 e. The van der Waals surface area contributed by atoms with Crippen LogP contribution in [0.2, 0.25) is 0 Å². The molecule has 0 fully saturated rings. The first-order valence-electron chi connectivity index (χ1n) is 5.09. The van der Waals surface area contributed by atoms with Gasteiger partial charge in [-0.3, -0.25) is 4.79 Å². The number of amides is 1. The molecule has 0 aliphatic carbocycles. The monoisotopic (exact) mass is 309 g/mol. The Morgan fingerprint density at radius 1 is 1.22 bits per heavy atom. The van der Waals surface area contributed by atoms with Gasteiger partial charge in [0.15, 0.2) is 0 Å². The standard InChI is InChI=1S/C13H9BrFNO2/c14-10-6-5-8(7-11(10)15)18-12-4-2-1-3-9(12)13(16)17/h1-7H,(H2,16,17). The van der Waals surface area contributed by atoms with Crippen molar-refractivity contribution in [3.63, 3.8) is 0 Å². The number of benzene rings is 2. The van der Waals surface area contributed by atoms with Gasteiger partial charge in [0.05, 0.1) is 10.0 Å². The third-order valence-electron chi connectivity index (χ3n) is 2.27. The lowest BCUT2D eigenvalue weighted by molar-refractivity contribution is 0.0998. The number of halogens is 2. The van der Waals surface area contributed by atoms with E-state index < -0.39 is 11.7 Å². The molecule has 3 nitrogen and oxygen atoms in total. The van der Waals surface area contributed by atoms with Crippen molar-refractivity contribution < 1.29 is 13.9 Å². The molecule has 2 rings (SSSR count). The Bertz CT molecular complexity index is 601. The van der Waals surface area contributed by atoms with Gasteiger partial charge < -0.3 is 10.5 Å². The lowest BCUT2D eigenvalue weighted by Gasteiger charge is -2.09. The normalized spacial score (nSPS) is 10.1. The molecule has 2 aromatic rings. The summed E-state index contributed by atoms with van der Waals surface area (Å²) < 4.78 is 19.1. The molecule has 0 atom stereocenters. The van der Waals surface area contributed by atoms with Crippen LogP contribution in [-0.2, 0) is 0 Å². The highest BCUT2D eigenvalue weighted by molar-refractivity contribution is 9.10. The summed E-state index contributed by atoms with van der Waals surface area (Å²) in [7, 11) is 0. The molecule has 2 aromatic carbocycles. The molecule has 0 aromatic heterocycles. The van der Waals surface area contributed by atoms with Crippen LogP contribution in [0.15, 0.2) is 46.9 Å². The third kappa shape index (κ3) is 2.68. The summed E-state index contributed by atoms with van der Waals surface area (Å²) in [5.41, 5.74) is 5.47. The maximum absolute atomic E-state index is 13.3. The maximum atomic E-state index is 13.3. The quantitative estimate of drug-likeness (QED) is 0.943. The molecule has 1 amide bonds. The van der Waals surface area contributed by atoms with Crippen molar-refractivity contribution in [1.82, 2.24) is 0 Å². The lowest BCUT2D eigenvalue weighted by atomic mass is 10.2. The van der Waals surface area contributed by atoms with Crippen LogP contribution >= 0.6 is 15.9 Å². The summed E-state index contributed by atoms with van der Waals surface area (Å²) in [5.74, 6) is -0.441. The minimum atomic E-state index is -0.594. The molecule has 0 heterocycles. The van der Waals surface area contributed by atoms with Gasteiger partial charge in [-0.15, -0.1) is 0 Å². The smallest absolute Gasteiger partial charge is 0.252 e. The number of carbonyl (C=O) groups excluding carboxylic acids is 1. The van der Waals surface area contributed by atoms with Gasteiger partial charge in [-0.1, -0.05) is 12.1 Å². The average Bonchev–Trinajstić information content (AvgIpc) is 2.34. The van der Waals surface area contributed by atoms with E-state index in [1.54, 1.807) is 30.3 Å². The van der Waals surface area contributed by atoms with Crippen molar-refractivity contribution >= 4 is 21.8 Å². The van der Waals surface area contributed by atoms with Crippen molar-refractivity contribution in [2.24, 2.45) is 5.73 Å². The van der Waals surface area contributed by atoms with Crippen molar-refractivity contribution in [3.05, 3.63) is 58.3 Å². The molecule has 0 unspecified atom stereocenters. The molecule has 0 saturated heterocycles. The van der Waals surface area contributed by atoms with Gasteiger partial charge >= 0.3 is 0 Å². The number of primary amides is 1. The Morgan fingerprint density at radius 3 is 2.61 bits per heavy atom. The fourth-order valence-electron chi connectivity index (χ4n) is 1.43. The summed E-state index contributed by atoms with van der Waals surface area (Å²) in [6.07, 6.45) is 0. The fourth-order valence-corrected chi connectivity index (χ4v) is 1.67. The fraction of sp³-hybridized carbons (Fsp3) is 0. The Hall–Kier alpha value is -1.88. The van der Waals surface area contributed by atoms with Crippen molar-refractivity contribution in [2.45, 2.75) is 0 Å². The van der Waals surface area contributed by atoms with E-state index in [0.717, 1.165) is 0 Å². The van der Waals surface area contributed by atoms with Gasteiger partial charge in [-0.2, -0.15) is 0 Å². The van der Waals surface area contributed by atoms with Gasteiger partial charge in [0.1, 0.15) is 17.3 Å². The number of para-hydroxylation sites is 1. The molecule has 0 aliphatic heterocycles. The van der Waals surface area contributed by atoms with E-state index in [-0.39, 0.29) is 5.56 Å². The summed E-state index contributed by atoms with van der Waals surface area (Å²) in [6.45, 7) is 0. The number of rotatable bonds is 3. The van der Waals surface area contributed by atoms with Gasteiger partial charge in [0.25, 0.3) is 5.91 Å². The largest absolute Gasteiger partial charge is 0.456 e. The van der Waals surface area contributed by atoms with Crippen molar-refractivity contribution in [2.75, 3.05) is 0 Å². The van der Waals surface area contributed by atoms with Crippen LogP contribution < -0.4 is 10.5 Å². The second kappa shape index (κ2) is 5.18. The summed E-state index contributed by atoms with van der Waals surface area (Å²) in [5, 5.41) is 0. The lowest BCUT2D eigenvalue weighted by Crippen LogP contribution is -2.11. The molecule has 92 valence electrons. The molecule has 18 heavy (non-hydrogen) atoms. The molecule has 2 N–H and O–H groups in total. The summed E-state index contributed by atoms with van der Waals surface area (Å²) in [6, 6.07) is 10.9. The summed E-state index contributed by atoms with van der Waals surface area (Å²) >= 11 is 3.05. The minimum absolute atomic E-state index is 0.251. The SMILES string of the molecule is NC(=O)c1ccccc1Oc1ccc(Br)c(F)c1. The van der Waals surface area contributed by atoms with E-state index in [1.165, 1.54) is 12.1 Å². The predicted octanol–water partition coefficient (Wildman–Crippen LogP) is 3.48. The highest BCUT2D eigenvalue weighted by atomic mass is 79.9. The molecule has 0 spiro atoms. The predicted molar refractivity (Wildman–Crippen MR) is 69.1 cm³/mol.